The summed E-state index contributed by atoms with van der Waals surface area (Å²) >= 11 is 0. The van der Waals surface area contributed by atoms with Crippen LogP contribution < -0.4 is 0 Å². The summed E-state index contributed by atoms with van der Waals surface area (Å²) in [5.41, 5.74) is 2.33. The highest BCUT2D eigenvalue weighted by Crippen LogP contribution is 2.19. The Morgan fingerprint density at radius 3 is 2.80 bits per heavy atom. The summed E-state index contributed by atoms with van der Waals surface area (Å²) in [6.45, 7) is 4.15. The maximum Gasteiger partial charge on any atom is 0.254 e. The van der Waals surface area contributed by atoms with Gasteiger partial charge in [-0.2, -0.15) is 0 Å². The molecule has 1 amide bonds. The Bertz CT molecular complexity index is 623. The number of pyridine rings is 1. The monoisotopic (exact) mass is 272 g/mol. The van der Waals surface area contributed by atoms with E-state index < -0.39 is 6.10 Å². The van der Waals surface area contributed by atoms with Gasteiger partial charge in [-0.05, 0) is 32.4 Å². The van der Waals surface area contributed by atoms with E-state index in [9.17, 15) is 9.90 Å². The number of hydrogen-bond donors (Lipinski definition) is 1. The van der Waals surface area contributed by atoms with Crippen LogP contribution in [-0.2, 0) is 0 Å². The molecule has 0 bridgehead atoms. The first kappa shape index (κ1) is 14.5. The predicted molar refractivity (Wildman–Crippen MR) is 79.7 cm³/mol. The third kappa shape index (κ3) is 3.14. The molecule has 0 spiro atoms. The van der Waals surface area contributed by atoms with E-state index in [-0.39, 0.29) is 5.91 Å². The average molecular weight is 272 g/mol. The minimum absolute atomic E-state index is 0.0349. The molecule has 1 heterocycles. The zero-order valence-corrected chi connectivity index (χ0v) is 12.1. The Kier molecular flexibility index (Phi) is 4.35. The molecule has 1 aromatic heterocycles. The molecule has 2 rings (SSSR count). The van der Waals surface area contributed by atoms with Crippen LogP contribution >= 0.6 is 0 Å². The number of amides is 1. The Morgan fingerprint density at radius 2 is 2.10 bits per heavy atom. The van der Waals surface area contributed by atoms with Crippen molar-refractivity contribution in [3.05, 3.63) is 41.6 Å². The molecule has 4 heteroatoms. The van der Waals surface area contributed by atoms with Crippen LogP contribution in [0.3, 0.4) is 0 Å². The van der Waals surface area contributed by atoms with Gasteiger partial charge in [0, 0.05) is 24.7 Å². The van der Waals surface area contributed by atoms with E-state index >= 15 is 0 Å². The van der Waals surface area contributed by atoms with Crippen molar-refractivity contribution in [3.8, 4) is 0 Å². The first-order valence-electron chi connectivity index (χ1n) is 6.79. The fraction of sp³-hybridized carbons (Fsp3) is 0.375. The second kappa shape index (κ2) is 6.01. The number of aryl methyl sites for hydroxylation is 1. The van der Waals surface area contributed by atoms with Crippen LogP contribution in [-0.4, -0.2) is 40.6 Å². The van der Waals surface area contributed by atoms with Crippen LogP contribution in [0.25, 0.3) is 10.9 Å². The van der Waals surface area contributed by atoms with E-state index in [4.69, 9.17) is 0 Å². The maximum absolute atomic E-state index is 12.5. The molecule has 2 aromatic rings. The van der Waals surface area contributed by atoms with Crippen molar-refractivity contribution in [3.63, 3.8) is 0 Å². The lowest BCUT2D eigenvalue weighted by Gasteiger charge is -2.19. The molecule has 1 N–H and O–H groups in total. The number of benzene rings is 1. The highest BCUT2D eigenvalue weighted by molar-refractivity contribution is 6.06. The Morgan fingerprint density at radius 1 is 1.40 bits per heavy atom. The van der Waals surface area contributed by atoms with Crippen LogP contribution in [0.4, 0.5) is 0 Å². The highest BCUT2D eigenvalue weighted by atomic mass is 16.3. The predicted octanol–water partition coefficient (Wildman–Crippen LogP) is 2.39. The normalized spacial score (nSPS) is 12.4. The van der Waals surface area contributed by atoms with E-state index in [1.165, 1.54) is 0 Å². The van der Waals surface area contributed by atoms with Crippen LogP contribution in [0.5, 0.6) is 0 Å². The van der Waals surface area contributed by atoms with E-state index in [0.29, 0.717) is 18.5 Å². The van der Waals surface area contributed by atoms with Crippen LogP contribution in [0.15, 0.2) is 30.3 Å². The number of rotatable bonds is 4. The van der Waals surface area contributed by atoms with Gasteiger partial charge in [0.05, 0.1) is 17.2 Å². The number of nitrogens with zero attached hydrogens (tertiary/aromatic N) is 2. The highest BCUT2D eigenvalue weighted by Gasteiger charge is 2.16. The molecule has 0 aliphatic rings. The topological polar surface area (TPSA) is 53.4 Å². The number of aliphatic hydroxyl groups is 1. The molecule has 1 aromatic carbocycles. The van der Waals surface area contributed by atoms with Crippen LogP contribution in [0.1, 0.15) is 29.4 Å². The lowest BCUT2D eigenvalue weighted by molar-refractivity contribution is 0.0770. The molecule has 0 aliphatic carbocycles. The first-order chi connectivity index (χ1) is 9.49. The Labute approximate surface area is 119 Å². The minimum atomic E-state index is -0.402. The third-order valence-corrected chi connectivity index (χ3v) is 3.30. The minimum Gasteiger partial charge on any atom is -0.393 e. The summed E-state index contributed by atoms with van der Waals surface area (Å²) in [7, 11) is 1.76. The van der Waals surface area contributed by atoms with Crippen LogP contribution in [0.2, 0.25) is 0 Å². The molecule has 0 fully saturated rings. The molecule has 0 aliphatic heterocycles. The van der Waals surface area contributed by atoms with Gasteiger partial charge in [-0.1, -0.05) is 18.2 Å². The quantitative estimate of drug-likeness (QED) is 0.929. The third-order valence-electron chi connectivity index (χ3n) is 3.30. The number of carbonyl (C=O) groups excluding carboxylic acids is 1. The molecular formula is C16H20N2O2. The summed E-state index contributed by atoms with van der Waals surface area (Å²) < 4.78 is 0. The molecule has 4 nitrogen and oxygen atoms in total. The molecule has 0 saturated carbocycles. The number of aromatic nitrogens is 1. The zero-order chi connectivity index (χ0) is 14.7. The van der Waals surface area contributed by atoms with Crippen molar-refractivity contribution in [1.29, 1.82) is 0 Å². The van der Waals surface area contributed by atoms with Crippen molar-refractivity contribution in [1.82, 2.24) is 9.88 Å². The summed E-state index contributed by atoms with van der Waals surface area (Å²) in [5, 5.41) is 10.2. The lowest BCUT2D eigenvalue weighted by Crippen LogP contribution is -2.29. The number of fused-ring (bicyclic) bond motifs is 1. The molecule has 20 heavy (non-hydrogen) atoms. The summed E-state index contributed by atoms with van der Waals surface area (Å²) in [6, 6.07) is 9.47. The fourth-order valence-corrected chi connectivity index (χ4v) is 2.17. The van der Waals surface area contributed by atoms with Gasteiger partial charge in [0.25, 0.3) is 5.91 Å². The molecule has 106 valence electrons. The van der Waals surface area contributed by atoms with E-state index in [1.54, 1.807) is 18.9 Å². The number of para-hydroxylation sites is 1. The molecule has 1 atom stereocenters. The Hall–Kier alpha value is -1.94. The number of aliphatic hydroxyl groups excluding tert-OH is 1. The summed E-state index contributed by atoms with van der Waals surface area (Å²) in [4.78, 5) is 18.6. The van der Waals surface area contributed by atoms with E-state index in [2.05, 4.69) is 4.98 Å². The molecule has 0 saturated heterocycles. The van der Waals surface area contributed by atoms with Gasteiger partial charge in [-0.3, -0.25) is 9.78 Å². The van der Waals surface area contributed by atoms with Gasteiger partial charge in [0.1, 0.15) is 0 Å². The average Bonchev–Trinajstić information content (AvgIpc) is 2.42. The maximum atomic E-state index is 12.5. The summed E-state index contributed by atoms with van der Waals surface area (Å²) in [6.07, 6.45) is 0.172. The van der Waals surface area contributed by atoms with Gasteiger partial charge in [0.2, 0.25) is 0 Å². The first-order valence-corrected chi connectivity index (χ1v) is 6.79. The largest absolute Gasteiger partial charge is 0.393 e. The van der Waals surface area contributed by atoms with Crippen molar-refractivity contribution in [2.45, 2.75) is 26.4 Å². The Balaban J connectivity index is 2.34. The summed E-state index contributed by atoms with van der Waals surface area (Å²) in [5.74, 6) is -0.0349. The number of carbonyl (C=O) groups is 1. The standard InChI is InChI=1S/C16H20N2O2/c1-11-10-14(13-6-4-5-7-15(13)17-11)16(20)18(3)9-8-12(2)19/h4-7,10,12,19H,8-9H2,1-3H3. The lowest BCUT2D eigenvalue weighted by atomic mass is 10.1. The van der Waals surface area contributed by atoms with E-state index in [1.807, 2.05) is 37.3 Å². The van der Waals surface area contributed by atoms with Gasteiger partial charge in [0.15, 0.2) is 0 Å². The van der Waals surface area contributed by atoms with Crippen LogP contribution in [0, 0.1) is 6.92 Å². The van der Waals surface area contributed by atoms with Gasteiger partial charge in [-0.25, -0.2) is 0 Å². The molecular weight excluding hydrogens is 252 g/mol. The van der Waals surface area contributed by atoms with Gasteiger partial charge < -0.3 is 10.0 Å². The second-order valence-corrected chi connectivity index (χ2v) is 5.19. The second-order valence-electron chi connectivity index (χ2n) is 5.19. The van der Waals surface area contributed by atoms with Crippen molar-refractivity contribution in [2.75, 3.05) is 13.6 Å². The van der Waals surface area contributed by atoms with Crippen molar-refractivity contribution < 1.29 is 9.90 Å². The SMILES string of the molecule is Cc1cc(C(=O)N(C)CCC(C)O)c2ccccc2n1. The number of hydrogen-bond acceptors (Lipinski definition) is 3. The fourth-order valence-electron chi connectivity index (χ4n) is 2.17. The van der Waals surface area contributed by atoms with Gasteiger partial charge in [-0.15, -0.1) is 0 Å². The smallest absolute Gasteiger partial charge is 0.254 e. The molecule has 1 unspecified atom stereocenters. The zero-order valence-electron chi connectivity index (χ0n) is 12.1. The van der Waals surface area contributed by atoms with E-state index in [0.717, 1.165) is 16.6 Å². The molecule has 0 radical (unpaired) electrons. The van der Waals surface area contributed by atoms with Gasteiger partial charge >= 0.3 is 0 Å². The van der Waals surface area contributed by atoms with Crippen molar-refractivity contribution >= 4 is 16.8 Å². The van der Waals surface area contributed by atoms with Crippen molar-refractivity contribution in [2.24, 2.45) is 0 Å².